The number of nitrogens with zero attached hydrogens (tertiary/aromatic N) is 4. The summed E-state index contributed by atoms with van der Waals surface area (Å²) in [5.74, 6) is 0.512. The third-order valence-corrected chi connectivity index (χ3v) is 2.19. The molecule has 0 aliphatic carbocycles. The van der Waals surface area contributed by atoms with Gasteiger partial charge in [-0.15, -0.1) is 0 Å². The molecule has 0 saturated carbocycles. The second kappa shape index (κ2) is 6.76. The summed E-state index contributed by atoms with van der Waals surface area (Å²) in [6, 6.07) is 0. The highest BCUT2D eigenvalue weighted by molar-refractivity contribution is 5.68. The topological polar surface area (TPSA) is 81.9 Å². The summed E-state index contributed by atoms with van der Waals surface area (Å²) < 4.78 is 6.12. The van der Waals surface area contributed by atoms with Gasteiger partial charge in [0.1, 0.15) is 0 Å². The summed E-state index contributed by atoms with van der Waals surface area (Å²) in [4.78, 5) is 10.8. The smallest absolute Gasteiger partial charge is 0.305 e. The van der Waals surface area contributed by atoms with Crippen LogP contribution in [0.4, 0.5) is 5.95 Å². The maximum absolute atomic E-state index is 10.8. The number of esters is 1. The molecule has 0 atom stereocenters. The van der Waals surface area contributed by atoms with Crippen LogP contribution < -0.4 is 5.32 Å². The zero-order chi connectivity index (χ0) is 11.8. The van der Waals surface area contributed by atoms with E-state index < -0.39 is 0 Å². The van der Waals surface area contributed by atoms with Crippen molar-refractivity contribution < 1.29 is 9.53 Å². The lowest BCUT2D eigenvalue weighted by Gasteiger charge is -2.03. The van der Waals surface area contributed by atoms with Gasteiger partial charge in [0, 0.05) is 20.0 Å². The Bertz CT molecular complexity index is 325. The lowest BCUT2D eigenvalue weighted by molar-refractivity contribution is -0.140. The first-order chi connectivity index (χ1) is 7.74. The third kappa shape index (κ3) is 4.24. The lowest BCUT2D eigenvalue weighted by Crippen LogP contribution is -2.07. The average Bonchev–Trinajstić information content (AvgIpc) is 2.69. The van der Waals surface area contributed by atoms with E-state index in [2.05, 4.69) is 25.6 Å². The molecule has 0 saturated heterocycles. The van der Waals surface area contributed by atoms with Gasteiger partial charge in [-0.25, -0.2) is 4.68 Å². The fourth-order valence-corrected chi connectivity index (χ4v) is 1.25. The number of methoxy groups -OCH3 is 1. The zero-order valence-corrected chi connectivity index (χ0v) is 9.64. The van der Waals surface area contributed by atoms with Crippen molar-refractivity contribution >= 4 is 11.9 Å². The van der Waals surface area contributed by atoms with Crippen LogP contribution in [-0.2, 0) is 16.6 Å². The summed E-state index contributed by atoms with van der Waals surface area (Å²) >= 11 is 0. The van der Waals surface area contributed by atoms with E-state index in [4.69, 9.17) is 0 Å². The number of anilines is 1. The van der Waals surface area contributed by atoms with Crippen molar-refractivity contribution in [2.45, 2.75) is 25.7 Å². The van der Waals surface area contributed by atoms with Crippen molar-refractivity contribution in [2.24, 2.45) is 7.05 Å². The molecule has 0 aromatic carbocycles. The first kappa shape index (κ1) is 12.4. The maximum Gasteiger partial charge on any atom is 0.305 e. The van der Waals surface area contributed by atoms with Crippen molar-refractivity contribution in [3.8, 4) is 0 Å². The molecule has 0 spiro atoms. The zero-order valence-electron chi connectivity index (χ0n) is 9.64. The molecule has 0 bridgehead atoms. The number of ether oxygens (including phenoxy) is 1. The van der Waals surface area contributed by atoms with Gasteiger partial charge in [0.15, 0.2) is 0 Å². The van der Waals surface area contributed by atoms with Crippen LogP contribution in [0.2, 0.25) is 0 Å². The van der Waals surface area contributed by atoms with Crippen LogP contribution >= 0.6 is 0 Å². The van der Waals surface area contributed by atoms with Gasteiger partial charge < -0.3 is 10.1 Å². The predicted octanol–water partition coefficient (Wildman–Crippen LogP) is 0.355. The highest BCUT2D eigenvalue weighted by Crippen LogP contribution is 2.02. The molecule has 16 heavy (non-hydrogen) atoms. The molecule has 0 radical (unpaired) electrons. The van der Waals surface area contributed by atoms with E-state index in [1.165, 1.54) is 7.11 Å². The van der Waals surface area contributed by atoms with Gasteiger partial charge in [-0.3, -0.25) is 4.79 Å². The van der Waals surface area contributed by atoms with Crippen LogP contribution in [0.1, 0.15) is 25.7 Å². The van der Waals surface area contributed by atoms with Crippen LogP contribution in [-0.4, -0.2) is 39.8 Å². The van der Waals surface area contributed by atoms with Crippen molar-refractivity contribution in [2.75, 3.05) is 19.0 Å². The number of hydrogen-bond acceptors (Lipinski definition) is 6. The number of hydrogen-bond donors (Lipinski definition) is 1. The molecule has 0 aliphatic rings. The Balaban J connectivity index is 2.00. The third-order valence-electron chi connectivity index (χ3n) is 2.19. The predicted molar refractivity (Wildman–Crippen MR) is 57.8 cm³/mol. The highest BCUT2D eigenvalue weighted by atomic mass is 16.5. The van der Waals surface area contributed by atoms with E-state index >= 15 is 0 Å². The number of nitrogens with one attached hydrogen (secondary N) is 1. The molecule has 0 amide bonds. The van der Waals surface area contributed by atoms with E-state index in [1.807, 2.05) is 0 Å². The number of tetrazole rings is 1. The van der Waals surface area contributed by atoms with Gasteiger partial charge in [0.2, 0.25) is 5.95 Å². The molecule has 1 heterocycles. The molecule has 90 valence electrons. The first-order valence-corrected chi connectivity index (χ1v) is 5.27. The highest BCUT2D eigenvalue weighted by Gasteiger charge is 2.01. The van der Waals surface area contributed by atoms with Crippen LogP contribution in [0.3, 0.4) is 0 Å². The Morgan fingerprint density at radius 3 is 2.88 bits per heavy atom. The SMILES string of the molecule is COC(=O)CCCCCNc1nnnn1C. The molecule has 1 aromatic rings. The molecule has 7 nitrogen and oxygen atoms in total. The Hall–Kier alpha value is -1.66. The minimum Gasteiger partial charge on any atom is -0.469 e. The Kier molecular flexibility index (Phi) is 5.24. The summed E-state index contributed by atoms with van der Waals surface area (Å²) in [5, 5.41) is 14.1. The molecule has 1 aromatic heterocycles. The van der Waals surface area contributed by atoms with Crippen LogP contribution in [0.25, 0.3) is 0 Å². The molecular formula is C9H17N5O2. The Morgan fingerprint density at radius 1 is 1.44 bits per heavy atom. The number of carbonyl (C=O) groups excluding carboxylic acids is 1. The standard InChI is InChI=1S/C9H17N5O2/c1-14-9(11-12-13-14)10-7-5-3-4-6-8(15)16-2/h3-7H2,1-2H3,(H,10,11,13). The number of carbonyl (C=O) groups is 1. The van der Waals surface area contributed by atoms with E-state index in [0.717, 1.165) is 25.8 Å². The largest absolute Gasteiger partial charge is 0.469 e. The van der Waals surface area contributed by atoms with Crippen molar-refractivity contribution in [3.05, 3.63) is 0 Å². The van der Waals surface area contributed by atoms with E-state index in [1.54, 1.807) is 11.7 Å². The van der Waals surface area contributed by atoms with Gasteiger partial charge in [0.25, 0.3) is 0 Å². The summed E-state index contributed by atoms with van der Waals surface area (Å²) in [6.45, 7) is 0.801. The van der Waals surface area contributed by atoms with Gasteiger partial charge in [-0.1, -0.05) is 11.5 Å². The molecule has 0 unspecified atom stereocenters. The van der Waals surface area contributed by atoms with E-state index in [-0.39, 0.29) is 5.97 Å². The molecule has 7 heteroatoms. The normalized spacial score (nSPS) is 10.1. The summed E-state index contributed by atoms with van der Waals surface area (Å²) in [5.41, 5.74) is 0. The summed E-state index contributed by atoms with van der Waals surface area (Å²) in [7, 11) is 3.19. The van der Waals surface area contributed by atoms with Crippen molar-refractivity contribution in [1.29, 1.82) is 0 Å². The van der Waals surface area contributed by atoms with Crippen LogP contribution in [0, 0.1) is 0 Å². The van der Waals surface area contributed by atoms with Crippen molar-refractivity contribution in [1.82, 2.24) is 20.2 Å². The van der Waals surface area contributed by atoms with Crippen molar-refractivity contribution in [3.63, 3.8) is 0 Å². The molecular weight excluding hydrogens is 210 g/mol. The van der Waals surface area contributed by atoms with E-state index in [0.29, 0.717) is 12.4 Å². The quantitative estimate of drug-likeness (QED) is 0.535. The maximum atomic E-state index is 10.8. The van der Waals surface area contributed by atoms with Gasteiger partial charge >= 0.3 is 5.97 Å². The number of aromatic nitrogens is 4. The van der Waals surface area contributed by atoms with Gasteiger partial charge in [-0.05, 0) is 23.3 Å². The molecule has 0 fully saturated rings. The van der Waals surface area contributed by atoms with Crippen LogP contribution in [0.5, 0.6) is 0 Å². The van der Waals surface area contributed by atoms with Gasteiger partial charge in [0.05, 0.1) is 7.11 Å². The monoisotopic (exact) mass is 227 g/mol. The Labute approximate surface area is 94.2 Å². The minimum atomic E-state index is -0.148. The molecule has 1 rings (SSSR count). The number of aryl methyl sites for hydroxylation is 1. The number of rotatable bonds is 7. The van der Waals surface area contributed by atoms with Crippen LogP contribution in [0.15, 0.2) is 0 Å². The fourth-order valence-electron chi connectivity index (χ4n) is 1.25. The number of unbranched alkanes of at least 4 members (excludes halogenated alkanes) is 2. The second-order valence-corrected chi connectivity index (χ2v) is 3.44. The average molecular weight is 227 g/mol. The second-order valence-electron chi connectivity index (χ2n) is 3.44. The molecule has 0 aliphatic heterocycles. The molecule has 1 N–H and O–H groups in total. The lowest BCUT2D eigenvalue weighted by atomic mass is 10.2. The minimum absolute atomic E-state index is 0.148. The van der Waals surface area contributed by atoms with Gasteiger partial charge in [-0.2, -0.15) is 0 Å². The van der Waals surface area contributed by atoms with E-state index in [9.17, 15) is 4.79 Å². The Morgan fingerprint density at radius 2 is 2.25 bits per heavy atom. The summed E-state index contributed by atoms with van der Waals surface area (Å²) in [6.07, 6.45) is 3.30. The first-order valence-electron chi connectivity index (χ1n) is 5.27. The fraction of sp³-hybridized carbons (Fsp3) is 0.778.